The molecule has 0 radical (unpaired) electrons. The molecule has 0 aromatic heterocycles. The lowest BCUT2D eigenvalue weighted by Crippen LogP contribution is -2.33. The summed E-state index contributed by atoms with van der Waals surface area (Å²) < 4.78 is 43.2. The van der Waals surface area contributed by atoms with E-state index >= 15 is 0 Å². The minimum absolute atomic E-state index is 0.135. The van der Waals surface area contributed by atoms with Gasteiger partial charge in [-0.15, -0.1) is 0 Å². The van der Waals surface area contributed by atoms with Crippen LogP contribution in [0.2, 0.25) is 0 Å². The van der Waals surface area contributed by atoms with Crippen LogP contribution in [-0.4, -0.2) is 12.6 Å². The Morgan fingerprint density at radius 2 is 1.75 bits per heavy atom. The van der Waals surface area contributed by atoms with Gasteiger partial charge in [-0.3, -0.25) is 0 Å². The van der Waals surface area contributed by atoms with Crippen LogP contribution < -0.4 is 5.73 Å². The summed E-state index contributed by atoms with van der Waals surface area (Å²) >= 11 is 0. The minimum atomic E-state index is -4.28. The number of benzene rings is 1. The zero-order valence-electron chi connectivity index (χ0n) is 11.3. The van der Waals surface area contributed by atoms with E-state index in [9.17, 15) is 13.2 Å². The number of alkyl halides is 3. The summed E-state index contributed by atoms with van der Waals surface area (Å²) in [6.07, 6.45) is 0.233. The first-order valence-corrected chi connectivity index (χ1v) is 6.98. The van der Waals surface area contributed by atoms with Crippen LogP contribution >= 0.6 is 0 Å². The van der Waals surface area contributed by atoms with Gasteiger partial charge in [0.15, 0.2) is 0 Å². The van der Waals surface area contributed by atoms with Gasteiger partial charge < -0.3 is 10.5 Å². The van der Waals surface area contributed by atoms with E-state index in [2.05, 4.69) is 0 Å². The van der Waals surface area contributed by atoms with Crippen molar-refractivity contribution in [3.8, 4) is 0 Å². The van der Waals surface area contributed by atoms with Crippen molar-refractivity contribution in [1.82, 2.24) is 0 Å². The minimum Gasteiger partial charge on any atom is -0.373 e. The Morgan fingerprint density at radius 1 is 1.10 bits per heavy atom. The molecule has 0 amide bonds. The van der Waals surface area contributed by atoms with E-state index in [4.69, 9.17) is 10.5 Å². The largest absolute Gasteiger partial charge is 0.416 e. The molecule has 2 unspecified atom stereocenters. The molecule has 0 spiro atoms. The molecule has 2 N–H and O–H groups in total. The molecular formula is C15H20F3NO. The average molecular weight is 287 g/mol. The first-order valence-electron chi connectivity index (χ1n) is 6.98. The maximum atomic E-state index is 12.4. The first-order chi connectivity index (χ1) is 9.50. The maximum absolute atomic E-state index is 12.4. The van der Waals surface area contributed by atoms with Gasteiger partial charge in [0.05, 0.1) is 18.3 Å². The number of hydrogen-bond acceptors (Lipinski definition) is 2. The molecule has 1 aliphatic carbocycles. The molecule has 2 rings (SSSR count). The van der Waals surface area contributed by atoms with Crippen molar-refractivity contribution in [3.05, 3.63) is 35.4 Å². The third-order valence-electron chi connectivity index (χ3n) is 3.89. The highest BCUT2D eigenvalue weighted by molar-refractivity contribution is 5.24. The Morgan fingerprint density at radius 3 is 2.35 bits per heavy atom. The first kappa shape index (κ1) is 15.3. The van der Waals surface area contributed by atoms with E-state index in [1.807, 2.05) is 0 Å². The summed E-state index contributed by atoms with van der Waals surface area (Å²) in [5.41, 5.74) is 5.86. The smallest absolute Gasteiger partial charge is 0.373 e. The topological polar surface area (TPSA) is 35.2 Å². The second-order valence-electron chi connectivity index (χ2n) is 5.32. The van der Waals surface area contributed by atoms with E-state index < -0.39 is 11.7 Å². The monoisotopic (exact) mass is 287 g/mol. The quantitative estimate of drug-likeness (QED) is 0.915. The van der Waals surface area contributed by atoms with Crippen LogP contribution in [0.4, 0.5) is 13.2 Å². The molecule has 2 nitrogen and oxygen atoms in total. The van der Waals surface area contributed by atoms with Gasteiger partial charge in [0.25, 0.3) is 0 Å². The van der Waals surface area contributed by atoms with Crippen LogP contribution in [0.25, 0.3) is 0 Å². The Bertz CT molecular complexity index is 416. The van der Waals surface area contributed by atoms with Gasteiger partial charge in [0, 0.05) is 0 Å². The van der Waals surface area contributed by atoms with Gasteiger partial charge in [-0.2, -0.15) is 13.2 Å². The standard InChI is InChI=1S/C15H20F3NO/c16-15(17,18)13-7-5-11(6-8-13)10-20-14-4-2-1-3-12(14)9-19/h5-8,12,14H,1-4,9-10,19H2. The Hall–Kier alpha value is -1.07. The summed E-state index contributed by atoms with van der Waals surface area (Å²) in [5, 5.41) is 0. The second kappa shape index (κ2) is 6.59. The van der Waals surface area contributed by atoms with E-state index in [1.54, 1.807) is 0 Å². The van der Waals surface area contributed by atoms with E-state index in [1.165, 1.54) is 18.6 Å². The molecule has 1 fully saturated rings. The van der Waals surface area contributed by atoms with Crippen molar-refractivity contribution in [2.75, 3.05) is 6.54 Å². The molecule has 0 bridgehead atoms. The van der Waals surface area contributed by atoms with Crippen LogP contribution in [0.15, 0.2) is 24.3 Å². The molecule has 2 atom stereocenters. The van der Waals surface area contributed by atoms with Crippen LogP contribution in [0.1, 0.15) is 36.8 Å². The van der Waals surface area contributed by atoms with Crippen molar-refractivity contribution in [3.63, 3.8) is 0 Å². The Kier molecular flexibility index (Phi) is 5.05. The Balaban J connectivity index is 1.90. The van der Waals surface area contributed by atoms with Crippen LogP contribution in [0.3, 0.4) is 0 Å². The van der Waals surface area contributed by atoms with Crippen molar-refractivity contribution < 1.29 is 17.9 Å². The predicted octanol–water partition coefficient (Wildman–Crippen LogP) is 3.74. The summed E-state index contributed by atoms with van der Waals surface area (Å²) in [6.45, 7) is 0.955. The zero-order chi connectivity index (χ0) is 14.6. The number of nitrogens with two attached hydrogens (primary N) is 1. The van der Waals surface area contributed by atoms with Crippen LogP contribution in [0, 0.1) is 5.92 Å². The van der Waals surface area contributed by atoms with Gasteiger partial charge in [-0.05, 0) is 43.0 Å². The summed E-state index contributed by atoms with van der Waals surface area (Å²) in [6, 6.07) is 5.15. The van der Waals surface area contributed by atoms with Crippen molar-refractivity contribution in [2.24, 2.45) is 11.7 Å². The highest BCUT2D eigenvalue weighted by atomic mass is 19.4. The highest BCUT2D eigenvalue weighted by Gasteiger charge is 2.30. The fourth-order valence-electron chi connectivity index (χ4n) is 2.66. The highest BCUT2D eigenvalue weighted by Crippen LogP contribution is 2.30. The molecule has 5 heteroatoms. The predicted molar refractivity (Wildman–Crippen MR) is 71.0 cm³/mol. The summed E-state index contributed by atoms with van der Waals surface area (Å²) in [7, 11) is 0. The molecule has 1 saturated carbocycles. The molecule has 1 aliphatic rings. The van der Waals surface area contributed by atoms with Crippen LogP contribution in [0.5, 0.6) is 0 Å². The fraction of sp³-hybridized carbons (Fsp3) is 0.600. The Labute approximate surface area is 117 Å². The average Bonchev–Trinajstić information content (AvgIpc) is 2.45. The van der Waals surface area contributed by atoms with E-state index in [0.29, 0.717) is 19.1 Å². The van der Waals surface area contributed by atoms with Crippen molar-refractivity contribution in [1.29, 1.82) is 0 Å². The number of ether oxygens (including phenoxy) is 1. The number of rotatable bonds is 4. The van der Waals surface area contributed by atoms with E-state index in [0.717, 1.165) is 37.0 Å². The van der Waals surface area contributed by atoms with Gasteiger partial charge >= 0.3 is 6.18 Å². The van der Waals surface area contributed by atoms with Crippen molar-refractivity contribution >= 4 is 0 Å². The molecule has 1 aromatic carbocycles. The molecular weight excluding hydrogens is 267 g/mol. The van der Waals surface area contributed by atoms with Gasteiger partial charge in [0.2, 0.25) is 0 Å². The number of hydrogen-bond donors (Lipinski definition) is 1. The molecule has 1 aromatic rings. The normalized spacial score (nSPS) is 23.8. The summed E-state index contributed by atoms with van der Waals surface area (Å²) in [5.74, 6) is 0.373. The zero-order valence-corrected chi connectivity index (χ0v) is 11.3. The second-order valence-corrected chi connectivity index (χ2v) is 5.32. The molecule has 20 heavy (non-hydrogen) atoms. The SMILES string of the molecule is NCC1CCCCC1OCc1ccc(C(F)(F)F)cc1. The molecule has 0 heterocycles. The summed E-state index contributed by atoms with van der Waals surface area (Å²) in [4.78, 5) is 0. The molecule has 0 aliphatic heterocycles. The van der Waals surface area contributed by atoms with Gasteiger partial charge in [-0.1, -0.05) is 25.0 Å². The molecule has 0 saturated heterocycles. The fourth-order valence-corrected chi connectivity index (χ4v) is 2.66. The van der Waals surface area contributed by atoms with E-state index in [-0.39, 0.29) is 6.10 Å². The molecule has 112 valence electrons. The lowest BCUT2D eigenvalue weighted by atomic mass is 9.86. The van der Waals surface area contributed by atoms with Gasteiger partial charge in [0.1, 0.15) is 0 Å². The van der Waals surface area contributed by atoms with Crippen LogP contribution in [-0.2, 0) is 17.5 Å². The number of halogens is 3. The maximum Gasteiger partial charge on any atom is 0.416 e. The lowest BCUT2D eigenvalue weighted by Gasteiger charge is -2.30. The third kappa shape index (κ3) is 3.96. The van der Waals surface area contributed by atoms with Crippen molar-refractivity contribution in [2.45, 2.75) is 44.6 Å². The van der Waals surface area contributed by atoms with Gasteiger partial charge in [-0.25, -0.2) is 0 Å². The third-order valence-corrected chi connectivity index (χ3v) is 3.89. The lowest BCUT2D eigenvalue weighted by molar-refractivity contribution is -0.137.